The van der Waals surface area contributed by atoms with Gasteiger partial charge in [-0.05, 0) is 44.5 Å². The Hall–Kier alpha value is -2.45. The summed E-state index contributed by atoms with van der Waals surface area (Å²) in [7, 11) is 3.69. The monoisotopic (exact) mass is 393 g/mol. The Kier molecular flexibility index (Phi) is 6.92. The third-order valence-electron chi connectivity index (χ3n) is 4.71. The van der Waals surface area contributed by atoms with Crippen molar-refractivity contribution in [3.8, 4) is 11.3 Å². The molecule has 0 radical (unpaired) electrons. The first-order valence-electron chi connectivity index (χ1n) is 8.72. The summed E-state index contributed by atoms with van der Waals surface area (Å²) in [4.78, 5) is 25.4. The fraction of sp³-hybridized carbons (Fsp3) is 0.444. The van der Waals surface area contributed by atoms with Crippen molar-refractivity contribution >= 4 is 24.0 Å². The number of carbonyl (C=O) groups excluding carboxylic acids is 1. The molecular formula is C18H24ClN5O3. The van der Waals surface area contributed by atoms with E-state index in [9.17, 15) is 14.9 Å². The molecule has 1 amide bonds. The lowest BCUT2D eigenvalue weighted by molar-refractivity contribution is -0.384. The lowest BCUT2D eigenvalue weighted by atomic mass is 9.97. The summed E-state index contributed by atoms with van der Waals surface area (Å²) in [5, 5.41) is 18.4. The number of benzene rings is 1. The topological polar surface area (TPSA) is 93.3 Å². The summed E-state index contributed by atoms with van der Waals surface area (Å²) in [6.45, 7) is 2.37. The van der Waals surface area contributed by atoms with E-state index in [-0.39, 0.29) is 24.0 Å². The van der Waals surface area contributed by atoms with E-state index in [1.807, 2.05) is 11.9 Å². The number of hydrogen-bond donors (Lipinski definition) is 1. The number of piperidine rings is 1. The first-order chi connectivity index (χ1) is 12.5. The number of nitrogens with one attached hydrogen (secondary N) is 1. The number of carbonyl (C=O) groups is 1. The van der Waals surface area contributed by atoms with Gasteiger partial charge in [-0.1, -0.05) is 0 Å². The normalized spacial score (nSPS) is 16.7. The lowest BCUT2D eigenvalue weighted by Gasteiger charge is -2.32. The molecular weight excluding hydrogens is 370 g/mol. The lowest BCUT2D eigenvalue weighted by Crippen LogP contribution is -2.42. The minimum absolute atomic E-state index is 0. The molecule has 8 nitrogen and oxygen atoms in total. The standard InChI is InChI=1S/C18H23N5O3.ClH/c1-19-10-13-4-3-9-22(11-13)18(24)16-12-21(2)20-17(16)14-5-7-15(8-6-14)23(25)26;/h5-8,12-13,19H,3-4,9-11H2,1-2H3;1H. The van der Waals surface area contributed by atoms with Crippen LogP contribution in [0.25, 0.3) is 11.3 Å². The van der Waals surface area contributed by atoms with Crippen molar-refractivity contribution in [1.29, 1.82) is 0 Å². The Labute approximate surface area is 164 Å². The minimum atomic E-state index is -0.441. The first kappa shape index (κ1) is 20.9. The highest BCUT2D eigenvalue weighted by molar-refractivity contribution is 5.99. The van der Waals surface area contributed by atoms with Crippen LogP contribution in [0.15, 0.2) is 30.5 Å². The Balaban J connectivity index is 0.00000261. The minimum Gasteiger partial charge on any atom is -0.338 e. The quantitative estimate of drug-likeness (QED) is 0.622. The number of aromatic nitrogens is 2. The van der Waals surface area contributed by atoms with Gasteiger partial charge in [-0.25, -0.2) is 0 Å². The molecule has 1 N–H and O–H groups in total. The second kappa shape index (κ2) is 8.96. The van der Waals surface area contributed by atoms with Crippen molar-refractivity contribution < 1.29 is 9.72 Å². The predicted octanol–water partition coefficient (Wildman–Crippen LogP) is 2.49. The Morgan fingerprint density at radius 1 is 1.37 bits per heavy atom. The van der Waals surface area contributed by atoms with Crippen LogP contribution in [0.1, 0.15) is 23.2 Å². The smallest absolute Gasteiger partial charge is 0.269 e. The highest BCUT2D eigenvalue weighted by atomic mass is 35.5. The number of likely N-dealkylation sites (tertiary alicyclic amines) is 1. The fourth-order valence-corrected chi connectivity index (χ4v) is 3.47. The Morgan fingerprint density at radius 2 is 2.07 bits per heavy atom. The van der Waals surface area contributed by atoms with Crippen molar-refractivity contribution in [1.82, 2.24) is 20.0 Å². The average molecular weight is 394 g/mol. The number of halogens is 1. The van der Waals surface area contributed by atoms with Crippen LogP contribution in [0.4, 0.5) is 5.69 Å². The first-order valence-corrected chi connectivity index (χ1v) is 8.72. The van der Waals surface area contributed by atoms with E-state index in [2.05, 4.69) is 10.4 Å². The van der Waals surface area contributed by atoms with Gasteiger partial charge < -0.3 is 10.2 Å². The summed E-state index contributed by atoms with van der Waals surface area (Å²) < 4.78 is 1.61. The molecule has 1 aromatic carbocycles. The second-order valence-corrected chi connectivity index (χ2v) is 6.69. The van der Waals surface area contributed by atoms with Crippen LogP contribution in [0, 0.1) is 16.0 Å². The molecule has 1 fully saturated rings. The van der Waals surface area contributed by atoms with Gasteiger partial charge >= 0.3 is 0 Å². The van der Waals surface area contributed by atoms with E-state index < -0.39 is 4.92 Å². The van der Waals surface area contributed by atoms with Crippen LogP contribution in [-0.2, 0) is 7.05 Å². The zero-order chi connectivity index (χ0) is 18.7. The molecule has 0 spiro atoms. The number of nitro groups is 1. The maximum atomic E-state index is 13.1. The molecule has 9 heteroatoms. The molecule has 3 rings (SSSR count). The summed E-state index contributed by atoms with van der Waals surface area (Å²) in [6.07, 6.45) is 3.83. The van der Waals surface area contributed by atoms with Crippen molar-refractivity contribution in [2.75, 3.05) is 26.7 Å². The van der Waals surface area contributed by atoms with Crippen LogP contribution in [0.5, 0.6) is 0 Å². The maximum absolute atomic E-state index is 13.1. The van der Waals surface area contributed by atoms with Gasteiger partial charge in [-0.2, -0.15) is 5.10 Å². The predicted molar refractivity (Wildman–Crippen MR) is 105 cm³/mol. The van der Waals surface area contributed by atoms with Gasteiger partial charge in [0.25, 0.3) is 11.6 Å². The largest absolute Gasteiger partial charge is 0.338 e. The van der Waals surface area contributed by atoms with Gasteiger partial charge in [-0.15, -0.1) is 12.4 Å². The molecule has 1 atom stereocenters. The van der Waals surface area contributed by atoms with Crippen LogP contribution in [0.2, 0.25) is 0 Å². The van der Waals surface area contributed by atoms with E-state index in [0.717, 1.165) is 32.5 Å². The van der Waals surface area contributed by atoms with Crippen molar-refractivity contribution in [2.24, 2.45) is 13.0 Å². The fourth-order valence-electron chi connectivity index (χ4n) is 3.47. The number of rotatable bonds is 5. The van der Waals surface area contributed by atoms with E-state index in [1.165, 1.54) is 12.1 Å². The van der Waals surface area contributed by atoms with Crippen molar-refractivity contribution in [3.63, 3.8) is 0 Å². The molecule has 0 aliphatic carbocycles. The SMILES string of the molecule is CNCC1CCCN(C(=O)c2cn(C)nc2-c2ccc([N+](=O)[O-])cc2)C1.Cl. The van der Waals surface area contributed by atoms with E-state index in [1.54, 1.807) is 30.1 Å². The molecule has 0 saturated carbocycles. The van der Waals surface area contributed by atoms with Crippen molar-refractivity contribution in [2.45, 2.75) is 12.8 Å². The van der Waals surface area contributed by atoms with Gasteiger partial charge in [0.2, 0.25) is 0 Å². The van der Waals surface area contributed by atoms with Crippen LogP contribution in [-0.4, -0.2) is 52.2 Å². The number of amides is 1. The maximum Gasteiger partial charge on any atom is 0.269 e. The van der Waals surface area contributed by atoms with E-state index >= 15 is 0 Å². The average Bonchev–Trinajstić information content (AvgIpc) is 3.03. The number of nitrogens with zero attached hydrogens (tertiary/aromatic N) is 4. The molecule has 27 heavy (non-hydrogen) atoms. The molecule has 1 saturated heterocycles. The zero-order valence-electron chi connectivity index (χ0n) is 15.4. The molecule has 146 valence electrons. The summed E-state index contributed by atoms with van der Waals surface area (Å²) in [5.41, 5.74) is 1.81. The Bertz CT molecular complexity index is 804. The molecule has 0 bridgehead atoms. The van der Waals surface area contributed by atoms with E-state index in [0.29, 0.717) is 22.7 Å². The van der Waals surface area contributed by atoms with Gasteiger partial charge in [0, 0.05) is 44.0 Å². The van der Waals surface area contributed by atoms with Gasteiger partial charge in [0.1, 0.15) is 5.69 Å². The summed E-state index contributed by atoms with van der Waals surface area (Å²) in [5.74, 6) is 0.421. The molecule has 2 aromatic rings. The van der Waals surface area contributed by atoms with Gasteiger partial charge in [0.15, 0.2) is 0 Å². The molecule has 1 aliphatic heterocycles. The highest BCUT2D eigenvalue weighted by Gasteiger charge is 2.27. The molecule has 1 aromatic heterocycles. The third kappa shape index (κ3) is 4.64. The number of aryl methyl sites for hydroxylation is 1. The van der Waals surface area contributed by atoms with E-state index in [4.69, 9.17) is 0 Å². The zero-order valence-corrected chi connectivity index (χ0v) is 16.2. The molecule has 1 aliphatic rings. The van der Waals surface area contributed by atoms with Gasteiger partial charge in [0.05, 0.1) is 10.5 Å². The van der Waals surface area contributed by atoms with Crippen LogP contribution >= 0.6 is 12.4 Å². The number of nitro benzene ring substituents is 1. The Morgan fingerprint density at radius 3 is 2.70 bits per heavy atom. The number of hydrogen-bond acceptors (Lipinski definition) is 5. The number of non-ortho nitro benzene ring substituents is 1. The molecule has 2 heterocycles. The third-order valence-corrected chi connectivity index (χ3v) is 4.71. The highest BCUT2D eigenvalue weighted by Crippen LogP contribution is 2.27. The van der Waals surface area contributed by atoms with Gasteiger partial charge in [-0.3, -0.25) is 19.6 Å². The summed E-state index contributed by atoms with van der Waals surface area (Å²) in [6, 6.07) is 6.14. The van der Waals surface area contributed by atoms with Crippen LogP contribution < -0.4 is 5.32 Å². The van der Waals surface area contributed by atoms with Crippen LogP contribution in [0.3, 0.4) is 0 Å². The summed E-state index contributed by atoms with van der Waals surface area (Å²) >= 11 is 0. The van der Waals surface area contributed by atoms with Crippen molar-refractivity contribution in [3.05, 3.63) is 46.1 Å². The molecule has 1 unspecified atom stereocenters. The second-order valence-electron chi connectivity index (χ2n) is 6.69.